The van der Waals surface area contributed by atoms with Crippen molar-refractivity contribution in [2.75, 3.05) is 13.7 Å². The molecule has 16 heavy (non-hydrogen) atoms. The first-order valence-electron chi connectivity index (χ1n) is 4.68. The highest BCUT2D eigenvalue weighted by Gasteiger charge is 2.16. The molecule has 0 aliphatic heterocycles. The Labute approximate surface area is 90.8 Å². The molecular weight excluding hydrogens is 212 g/mol. The summed E-state index contributed by atoms with van der Waals surface area (Å²) in [6, 6.07) is 0.203. The van der Waals surface area contributed by atoms with Gasteiger partial charge in [0.1, 0.15) is 0 Å². The average Bonchev–Trinajstić information content (AvgIpc) is 2.71. The maximum atomic E-state index is 11.5. The van der Waals surface area contributed by atoms with Gasteiger partial charge in [0.2, 0.25) is 0 Å². The van der Waals surface area contributed by atoms with Crippen LogP contribution in [0.25, 0.3) is 11.0 Å². The molecule has 0 aliphatic carbocycles. The van der Waals surface area contributed by atoms with Gasteiger partial charge in [-0.3, -0.25) is 5.10 Å². The molecule has 0 aliphatic rings. The lowest BCUT2D eigenvalue weighted by molar-refractivity contribution is 0.0521. The van der Waals surface area contributed by atoms with Gasteiger partial charge in [0, 0.05) is 6.20 Å². The van der Waals surface area contributed by atoms with E-state index in [1.54, 1.807) is 6.92 Å². The third kappa shape index (κ3) is 1.67. The molecule has 0 amide bonds. The molecule has 84 valence electrons. The smallest absolute Gasteiger partial charge is 0.357 e. The summed E-state index contributed by atoms with van der Waals surface area (Å²) >= 11 is 0. The van der Waals surface area contributed by atoms with Crippen molar-refractivity contribution in [3.63, 3.8) is 0 Å². The quantitative estimate of drug-likeness (QED) is 0.762. The second kappa shape index (κ2) is 4.13. The van der Waals surface area contributed by atoms with Crippen LogP contribution >= 0.6 is 0 Å². The van der Waals surface area contributed by atoms with Gasteiger partial charge in [-0.05, 0) is 6.92 Å². The Morgan fingerprint density at radius 3 is 3.06 bits per heavy atom. The highest BCUT2D eigenvalue weighted by Crippen LogP contribution is 2.15. The van der Waals surface area contributed by atoms with E-state index in [0.29, 0.717) is 17.6 Å². The van der Waals surface area contributed by atoms with Crippen molar-refractivity contribution in [1.82, 2.24) is 20.2 Å². The molecule has 0 spiro atoms. The first-order chi connectivity index (χ1) is 7.76. The molecule has 0 saturated carbocycles. The van der Waals surface area contributed by atoms with E-state index < -0.39 is 5.97 Å². The summed E-state index contributed by atoms with van der Waals surface area (Å²) in [6.45, 7) is 2.03. The minimum Gasteiger partial charge on any atom is -0.467 e. The molecule has 7 nitrogen and oxygen atoms in total. The molecule has 0 fully saturated rings. The number of methoxy groups -OCH3 is 1. The zero-order chi connectivity index (χ0) is 11.5. The molecule has 1 N–H and O–H groups in total. The SMILES string of the molecule is CCOC(=O)c1[nH]nc2nc(OC)ncc12. The van der Waals surface area contributed by atoms with Gasteiger partial charge >= 0.3 is 12.0 Å². The van der Waals surface area contributed by atoms with Crippen molar-refractivity contribution in [3.8, 4) is 6.01 Å². The van der Waals surface area contributed by atoms with Crippen molar-refractivity contribution in [2.24, 2.45) is 0 Å². The van der Waals surface area contributed by atoms with Crippen LogP contribution in [-0.2, 0) is 4.74 Å². The van der Waals surface area contributed by atoms with Gasteiger partial charge in [0.05, 0.1) is 19.1 Å². The third-order valence-electron chi connectivity index (χ3n) is 1.95. The lowest BCUT2D eigenvalue weighted by Gasteiger charge is -1.98. The molecular formula is C9H10N4O3. The monoisotopic (exact) mass is 222 g/mol. The van der Waals surface area contributed by atoms with E-state index in [-0.39, 0.29) is 11.7 Å². The Kier molecular flexibility index (Phi) is 2.67. The first-order valence-corrected chi connectivity index (χ1v) is 4.68. The fourth-order valence-corrected chi connectivity index (χ4v) is 1.25. The molecule has 2 heterocycles. The molecule has 0 bridgehead atoms. The van der Waals surface area contributed by atoms with Gasteiger partial charge in [-0.1, -0.05) is 0 Å². The first kappa shape index (κ1) is 10.3. The number of carbonyl (C=O) groups is 1. The molecule has 0 unspecified atom stereocenters. The normalized spacial score (nSPS) is 10.4. The average molecular weight is 222 g/mol. The molecule has 2 aromatic heterocycles. The number of aromatic amines is 1. The van der Waals surface area contributed by atoms with Gasteiger partial charge < -0.3 is 9.47 Å². The number of aromatic nitrogens is 4. The predicted molar refractivity (Wildman–Crippen MR) is 54.2 cm³/mol. The fraction of sp³-hybridized carbons (Fsp3) is 0.333. The van der Waals surface area contributed by atoms with E-state index >= 15 is 0 Å². The van der Waals surface area contributed by atoms with Crippen LogP contribution in [0.4, 0.5) is 0 Å². The van der Waals surface area contributed by atoms with Gasteiger partial charge in [-0.25, -0.2) is 9.78 Å². The number of nitrogens with one attached hydrogen (secondary N) is 1. The summed E-state index contributed by atoms with van der Waals surface area (Å²) in [5.74, 6) is -0.473. The number of hydrogen-bond acceptors (Lipinski definition) is 6. The highest BCUT2D eigenvalue weighted by atomic mass is 16.5. The van der Waals surface area contributed by atoms with Crippen LogP contribution in [0.1, 0.15) is 17.4 Å². The molecule has 7 heteroatoms. The lowest BCUT2D eigenvalue weighted by Crippen LogP contribution is -2.05. The van der Waals surface area contributed by atoms with Gasteiger partial charge in [-0.15, -0.1) is 0 Å². The van der Waals surface area contributed by atoms with Crippen molar-refractivity contribution in [2.45, 2.75) is 6.92 Å². The maximum Gasteiger partial charge on any atom is 0.357 e. The van der Waals surface area contributed by atoms with Crippen LogP contribution < -0.4 is 4.74 Å². The Hall–Kier alpha value is -2.18. The molecule has 2 aromatic rings. The minimum atomic E-state index is -0.473. The Bertz CT molecular complexity index is 522. The summed E-state index contributed by atoms with van der Waals surface area (Å²) in [5.41, 5.74) is 0.620. The lowest BCUT2D eigenvalue weighted by atomic mass is 10.3. The summed E-state index contributed by atoms with van der Waals surface area (Å²) in [5, 5.41) is 6.95. The Balaban J connectivity index is 2.45. The van der Waals surface area contributed by atoms with Crippen LogP contribution in [0.3, 0.4) is 0 Å². The van der Waals surface area contributed by atoms with E-state index in [9.17, 15) is 4.79 Å². The number of hydrogen-bond donors (Lipinski definition) is 1. The van der Waals surface area contributed by atoms with Crippen LogP contribution in [0.2, 0.25) is 0 Å². The van der Waals surface area contributed by atoms with Gasteiger partial charge in [-0.2, -0.15) is 10.1 Å². The summed E-state index contributed by atoms with van der Waals surface area (Å²) in [6.07, 6.45) is 1.47. The number of H-pyrrole nitrogens is 1. The standard InChI is InChI=1S/C9H10N4O3/c1-3-16-8(14)6-5-4-10-9(15-2)11-7(5)13-12-6/h4H,3H2,1-2H3,(H,10,11,12,13). The number of rotatable bonds is 3. The topological polar surface area (TPSA) is 90.0 Å². The Morgan fingerprint density at radius 1 is 1.56 bits per heavy atom. The van der Waals surface area contributed by atoms with Gasteiger partial charge in [0.25, 0.3) is 0 Å². The maximum absolute atomic E-state index is 11.5. The van der Waals surface area contributed by atoms with Gasteiger partial charge in [0.15, 0.2) is 11.3 Å². The number of ether oxygens (including phenoxy) is 2. The van der Waals surface area contributed by atoms with Crippen LogP contribution in [0.5, 0.6) is 6.01 Å². The van der Waals surface area contributed by atoms with E-state index in [1.165, 1.54) is 13.3 Å². The second-order valence-electron chi connectivity index (χ2n) is 2.91. The molecule has 0 atom stereocenters. The fourth-order valence-electron chi connectivity index (χ4n) is 1.25. The largest absolute Gasteiger partial charge is 0.467 e. The van der Waals surface area contributed by atoms with E-state index in [0.717, 1.165) is 0 Å². The molecule has 0 saturated heterocycles. The highest BCUT2D eigenvalue weighted by molar-refractivity contribution is 6.00. The predicted octanol–water partition coefficient (Wildman–Crippen LogP) is 0.538. The second-order valence-corrected chi connectivity index (χ2v) is 2.91. The van der Waals surface area contributed by atoms with Crippen molar-refractivity contribution < 1.29 is 14.3 Å². The van der Waals surface area contributed by atoms with Crippen LogP contribution in [-0.4, -0.2) is 39.9 Å². The van der Waals surface area contributed by atoms with E-state index in [2.05, 4.69) is 20.2 Å². The van der Waals surface area contributed by atoms with Crippen molar-refractivity contribution in [1.29, 1.82) is 0 Å². The van der Waals surface area contributed by atoms with Crippen LogP contribution in [0.15, 0.2) is 6.20 Å². The molecule has 0 aromatic carbocycles. The molecule has 2 rings (SSSR count). The summed E-state index contributed by atoms with van der Waals surface area (Å²) in [7, 11) is 1.46. The third-order valence-corrected chi connectivity index (χ3v) is 1.95. The van der Waals surface area contributed by atoms with Crippen molar-refractivity contribution in [3.05, 3.63) is 11.9 Å². The zero-order valence-electron chi connectivity index (χ0n) is 8.85. The minimum absolute atomic E-state index is 0.203. The number of fused-ring (bicyclic) bond motifs is 1. The van der Waals surface area contributed by atoms with Crippen molar-refractivity contribution >= 4 is 17.0 Å². The number of esters is 1. The number of nitrogens with zero attached hydrogens (tertiary/aromatic N) is 3. The van der Waals surface area contributed by atoms with E-state index in [1.807, 2.05) is 0 Å². The van der Waals surface area contributed by atoms with E-state index in [4.69, 9.17) is 9.47 Å². The Morgan fingerprint density at radius 2 is 2.38 bits per heavy atom. The molecule has 0 radical (unpaired) electrons. The number of carbonyl (C=O) groups excluding carboxylic acids is 1. The summed E-state index contributed by atoms with van der Waals surface area (Å²) < 4.78 is 9.70. The summed E-state index contributed by atoms with van der Waals surface area (Å²) in [4.78, 5) is 19.4. The van der Waals surface area contributed by atoms with Crippen LogP contribution in [0, 0.1) is 0 Å². The zero-order valence-corrected chi connectivity index (χ0v) is 8.85.